The van der Waals surface area contributed by atoms with E-state index in [4.69, 9.17) is 26.6 Å². The minimum absolute atomic E-state index is 0. The van der Waals surface area contributed by atoms with Crippen LogP contribution in [0, 0.1) is 0 Å². The van der Waals surface area contributed by atoms with Gasteiger partial charge in [0.1, 0.15) is 0 Å². The zero-order valence-corrected chi connectivity index (χ0v) is 15.1. The molecule has 0 aliphatic rings. The summed E-state index contributed by atoms with van der Waals surface area (Å²) >= 11 is -6.22. The molecule has 1 aromatic carbocycles. The first-order valence-corrected chi connectivity index (χ1v) is 7.17. The summed E-state index contributed by atoms with van der Waals surface area (Å²) in [6, 6.07) is 8.40. The van der Waals surface area contributed by atoms with Gasteiger partial charge in [0.25, 0.3) is 0 Å². The molecule has 0 spiro atoms. The fraction of sp³-hybridized carbons (Fsp3) is 0.167. The average molecular weight is 358 g/mol. The predicted octanol–water partition coefficient (Wildman–Crippen LogP) is 0.755. The van der Waals surface area contributed by atoms with Gasteiger partial charge in [0.15, 0.2) is 0 Å². The Morgan fingerprint density at radius 3 is 1.29 bits per heavy atom. The maximum absolute atomic E-state index is 8.44. The van der Waals surface area contributed by atoms with Crippen molar-refractivity contribution in [3.8, 4) is 0 Å². The van der Waals surface area contributed by atoms with Crippen LogP contribution in [0.4, 0.5) is 0 Å². The number of rotatable bonds is 4. The molecule has 9 heteroatoms. The molecule has 114 valence electrons. The second kappa shape index (κ2) is 18.1. The third kappa shape index (κ3) is 22.5. The molecule has 1 rings (SSSR count). The summed E-state index contributed by atoms with van der Waals surface area (Å²) in [6.07, 6.45) is 5.76. The molecule has 0 bridgehead atoms. The molecule has 0 amide bonds. The fourth-order valence-electron chi connectivity index (χ4n) is 1.27. The maximum Gasteiger partial charge on any atom is 2.00 e. The molecule has 0 N–H and O–H groups in total. The first kappa shape index (κ1) is 26.0. The van der Waals surface area contributed by atoms with Gasteiger partial charge >= 0.3 is 37.7 Å². The van der Waals surface area contributed by atoms with Crippen molar-refractivity contribution in [1.82, 2.24) is 0 Å². The molecule has 0 unspecified atom stereocenters. The molecule has 0 heterocycles. The van der Waals surface area contributed by atoms with Crippen LogP contribution in [0.3, 0.4) is 0 Å². The van der Waals surface area contributed by atoms with Crippen LogP contribution < -0.4 is 0 Å². The van der Waals surface area contributed by atoms with Crippen molar-refractivity contribution in [3.63, 3.8) is 0 Å². The van der Waals surface area contributed by atoms with Gasteiger partial charge in [-0.05, 0) is 24.0 Å². The third-order valence-corrected chi connectivity index (χ3v) is 1.85. The van der Waals surface area contributed by atoms with Gasteiger partial charge in [-0.25, -0.2) is 0 Å². The van der Waals surface area contributed by atoms with Gasteiger partial charge < -0.3 is 18.2 Å². The molecule has 0 fully saturated rings. The molecule has 0 atom stereocenters. The molecule has 0 radical (unpaired) electrons. The van der Waals surface area contributed by atoms with Gasteiger partial charge in [0, 0.05) is 0 Å². The van der Waals surface area contributed by atoms with E-state index >= 15 is 0 Å². The van der Waals surface area contributed by atoms with Crippen molar-refractivity contribution in [1.29, 1.82) is 0 Å². The van der Waals surface area contributed by atoms with E-state index < -0.39 is 22.7 Å². The Hall–Kier alpha value is 0.0997. The van der Waals surface area contributed by atoms with Crippen LogP contribution in [0.15, 0.2) is 49.6 Å². The summed E-state index contributed by atoms with van der Waals surface area (Å²) in [5.41, 5.74) is 2.71. The van der Waals surface area contributed by atoms with Crippen molar-refractivity contribution >= 4 is 60.5 Å². The van der Waals surface area contributed by atoms with Gasteiger partial charge in [-0.3, -0.25) is 8.42 Å². The molecule has 6 nitrogen and oxygen atoms in total. The quantitative estimate of drug-likeness (QED) is 0.444. The minimum atomic E-state index is -3.11. The van der Waals surface area contributed by atoms with Crippen molar-refractivity contribution in [2.24, 2.45) is 0 Å². The molecule has 1 aromatic rings. The standard InChI is InChI=1S/C12H14.Ca.2H2O3S/c1-3-7-11-9-5-6-10-12(11)8-4-2;;2*1-4(2)3/h3-6,9-10H,1-2,7-8H2;;2*(H2,1,2,3)/q;+2;;/p-4. The van der Waals surface area contributed by atoms with Crippen molar-refractivity contribution in [3.05, 3.63) is 60.7 Å². The Kier molecular flexibility index (Phi) is 22.5. The first-order chi connectivity index (χ1) is 9.34. The van der Waals surface area contributed by atoms with E-state index in [-0.39, 0.29) is 37.7 Å². The molecule has 0 aliphatic carbocycles. The zero-order chi connectivity index (χ0) is 16.0. The summed E-state index contributed by atoms with van der Waals surface area (Å²) in [4.78, 5) is 0. The number of allylic oxidation sites excluding steroid dienone is 2. The number of hydrogen-bond donors (Lipinski definition) is 0. The molecule has 0 saturated carbocycles. The van der Waals surface area contributed by atoms with E-state index in [1.54, 1.807) is 0 Å². The molecule has 0 saturated heterocycles. The van der Waals surface area contributed by atoms with Gasteiger partial charge in [-0.15, -0.1) is 35.9 Å². The van der Waals surface area contributed by atoms with E-state index in [1.165, 1.54) is 11.1 Å². The summed E-state index contributed by atoms with van der Waals surface area (Å²) in [7, 11) is 0. The van der Waals surface area contributed by atoms with E-state index in [0.717, 1.165) is 12.8 Å². The van der Waals surface area contributed by atoms with Gasteiger partial charge in [-0.1, -0.05) is 36.4 Å². The Labute approximate surface area is 159 Å². The first-order valence-electron chi connectivity index (χ1n) is 5.17. The van der Waals surface area contributed by atoms with Crippen LogP contribution in [0.25, 0.3) is 0 Å². The molecule has 0 aliphatic heterocycles. The molecular weight excluding hydrogens is 344 g/mol. The van der Waals surface area contributed by atoms with Crippen LogP contribution in [0.2, 0.25) is 0 Å². The van der Waals surface area contributed by atoms with Crippen LogP contribution >= 0.6 is 0 Å². The summed E-state index contributed by atoms with van der Waals surface area (Å²) in [6.45, 7) is 7.46. The number of benzene rings is 1. The summed E-state index contributed by atoms with van der Waals surface area (Å²) in [5.74, 6) is 0. The van der Waals surface area contributed by atoms with E-state index in [2.05, 4.69) is 37.4 Å². The van der Waals surface area contributed by atoms with Gasteiger partial charge in [0.05, 0.1) is 0 Å². The Balaban J connectivity index is -0.000000304. The van der Waals surface area contributed by atoms with Crippen molar-refractivity contribution < 1.29 is 26.6 Å². The second-order valence-corrected chi connectivity index (χ2v) is 3.98. The number of hydrogen-bond acceptors (Lipinski definition) is 6. The Morgan fingerprint density at radius 2 is 1.10 bits per heavy atom. The Bertz CT molecular complexity index is 404. The largest absolute Gasteiger partial charge is 2.00 e. The van der Waals surface area contributed by atoms with E-state index in [9.17, 15) is 0 Å². The van der Waals surface area contributed by atoms with Crippen molar-refractivity contribution in [2.75, 3.05) is 0 Å². The predicted molar refractivity (Wildman–Crippen MR) is 79.4 cm³/mol. The van der Waals surface area contributed by atoms with Gasteiger partial charge in [0.2, 0.25) is 0 Å². The topological polar surface area (TPSA) is 126 Å². The van der Waals surface area contributed by atoms with Crippen molar-refractivity contribution in [2.45, 2.75) is 12.8 Å². The molecular formula is C12H14CaO6S2-2. The van der Waals surface area contributed by atoms with Crippen LogP contribution in [-0.2, 0) is 35.6 Å². The fourth-order valence-corrected chi connectivity index (χ4v) is 1.27. The van der Waals surface area contributed by atoms with Gasteiger partial charge in [-0.2, -0.15) is 0 Å². The smallest absolute Gasteiger partial charge is 0.784 e. The zero-order valence-electron chi connectivity index (χ0n) is 11.3. The Morgan fingerprint density at radius 1 is 0.857 bits per heavy atom. The average Bonchev–Trinajstić information content (AvgIpc) is 2.31. The van der Waals surface area contributed by atoms with Crippen LogP contribution in [-0.4, -0.2) is 64.4 Å². The second-order valence-electron chi connectivity index (χ2n) is 3.16. The summed E-state index contributed by atoms with van der Waals surface area (Å²) < 4.78 is 50.7. The monoisotopic (exact) mass is 358 g/mol. The maximum atomic E-state index is 8.44. The minimum Gasteiger partial charge on any atom is -0.784 e. The van der Waals surface area contributed by atoms with Crippen LogP contribution in [0.5, 0.6) is 0 Å². The molecule has 0 aromatic heterocycles. The third-order valence-electron chi connectivity index (χ3n) is 1.85. The van der Waals surface area contributed by atoms with E-state index in [0.29, 0.717) is 0 Å². The van der Waals surface area contributed by atoms with E-state index in [1.807, 2.05) is 12.2 Å². The SMILES string of the molecule is C=CCc1ccccc1CC=C.O=S([O-])[O-].O=S([O-])[O-].[Ca+2]. The normalized spacial score (nSPS) is 8.67. The van der Waals surface area contributed by atoms with Crippen LogP contribution in [0.1, 0.15) is 11.1 Å². The summed E-state index contributed by atoms with van der Waals surface area (Å²) in [5, 5.41) is 0. The molecule has 21 heavy (non-hydrogen) atoms.